The molecule has 1 unspecified atom stereocenters. The fourth-order valence-corrected chi connectivity index (χ4v) is 4.03. The zero-order chi connectivity index (χ0) is 20.5. The van der Waals surface area contributed by atoms with Gasteiger partial charge in [0.25, 0.3) is 11.6 Å². The molecular weight excluding hydrogens is 374 g/mol. The first kappa shape index (κ1) is 18.9. The highest BCUT2D eigenvalue weighted by atomic mass is 16.6. The van der Waals surface area contributed by atoms with Crippen LogP contribution in [0.3, 0.4) is 0 Å². The number of benzene rings is 2. The second-order valence-corrected chi connectivity index (χ2v) is 7.29. The van der Waals surface area contributed by atoms with Gasteiger partial charge in [-0.05, 0) is 36.5 Å². The maximum atomic E-state index is 13.1. The van der Waals surface area contributed by atoms with E-state index >= 15 is 0 Å². The van der Waals surface area contributed by atoms with E-state index in [-0.39, 0.29) is 36.5 Å². The minimum atomic E-state index is -0.537. The summed E-state index contributed by atoms with van der Waals surface area (Å²) in [6.07, 6.45) is 2.84. The van der Waals surface area contributed by atoms with Gasteiger partial charge >= 0.3 is 0 Å². The first-order chi connectivity index (χ1) is 14.0. The molecule has 1 aliphatic heterocycles. The van der Waals surface area contributed by atoms with Crippen molar-refractivity contribution < 1.29 is 19.2 Å². The Morgan fingerprint density at radius 2 is 2.10 bits per heavy atom. The van der Waals surface area contributed by atoms with E-state index in [1.807, 2.05) is 18.2 Å². The standard InChI is InChI=1S/C21H21N3O5/c1-22(17-8-4-6-14-5-2-3-7-16(14)17)20(25)12-23-18-11-15(24(27)28)9-10-19(18)29-13-21(23)26/h2-3,5,7,9-11,17H,4,6,8,12-13H2,1H3. The van der Waals surface area contributed by atoms with Gasteiger partial charge in [0.15, 0.2) is 6.61 Å². The van der Waals surface area contributed by atoms with E-state index in [1.165, 1.54) is 28.7 Å². The van der Waals surface area contributed by atoms with Crippen molar-refractivity contribution in [3.63, 3.8) is 0 Å². The first-order valence-corrected chi connectivity index (χ1v) is 9.51. The number of aryl methyl sites for hydroxylation is 1. The maximum Gasteiger partial charge on any atom is 0.271 e. The SMILES string of the molecule is CN(C(=O)CN1C(=O)COc2ccc([N+](=O)[O-])cc21)C1CCCc2ccccc21. The van der Waals surface area contributed by atoms with Crippen molar-refractivity contribution in [2.75, 3.05) is 25.1 Å². The molecule has 0 spiro atoms. The monoisotopic (exact) mass is 395 g/mol. The minimum Gasteiger partial charge on any atom is -0.482 e. The third-order valence-corrected chi connectivity index (χ3v) is 5.59. The van der Waals surface area contributed by atoms with Gasteiger partial charge in [-0.1, -0.05) is 24.3 Å². The molecule has 29 heavy (non-hydrogen) atoms. The van der Waals surface area contributed by atoms with Crippen LogP contribution in [0.15, 0.2) is 42.5 Å². The number of nitro groups is 1. The number of non-ortho nitro benzene ring substituents is 1. The highest BCUT2D eigenvalue weighted by molar-refractivity contribution is 6.02. The third-order valence-electron chi connectivity index (χ3n) is 5.59. The van der Waals surface area contributed by atoms with Crippen molar-refractivity contribution in [3.8, 4) is 5.75 Å². The molecule has 8 nitrogen and oxygen atoms in total. The summed E-state index contributed by atoms with van der Waals surface area (Å²) in [6, 6.07) is 12.1. The topological polar surface area (TPSA) is 93.0 Å². The Morgan fingerprint density at radius 1 is 1.31 bits per heavy atom. The molecule has 0 saturated carbocycles. The molecule has 2 aliphatic rings. The van der Waals surface area contributed by atoms with Crippen LogP contribution in [0.4, 0.5) is 11.4 Å². The van der Waals surface area contributed by atoms with Gasteiger partial charge in [0.05, 0.1) is 16.7 Å². The number of anilines is 1. The lowest BCUT2D eigenvalue weighted by Crippen LogP contribution is -2.46. The van der Waals surface area contributed by atoms with Crippen LogP contribution in [0.5, 0.6) is 5.75 Å². The van der Waals surface area contributed by atoms with Gasteiger partial charge in [-0.15, -0.1) is 0 Å². The van der Waals surface area contributed by atoms with Crippen LogP contribution < -0.4 is 9.64 Å². The lowest BCUT2D eigenvalue weighted by Gasteiger charge is -2.35. The molecule has 0 aromatic heterocycles. The van der Waals surface area contributed by atoms with E-state index in [2.05, 4.69) is 6.07 Å². The van der Waals surface area contributed by atoms with Crippen LogP contribution in [0, 0.1) is 10.1 Å². The van der Waals surface area contributed by atoms with Crippen molar-refractivity contribution in [2.24, 2.45) is 0 Å². The van der Waals surface area contributed by atoms with Crippen molar-refractivity contribution in [1.82, 2.24) is 4.90 Å². The largest absolute Gasteiger partial charge is 0.482 e. The minimum absolute atomic E-state index is 0.0480. The summed E-state index contributed by atoms with van der Waals surface area (Å²) in [4.78, 5) is 39.0. The number of fused-ring (bicyclic) bond motifs is 2. The Bertz CT molecular complexity index is 990. The molecule has 2 aromatic carbocycles. The number of rotatable bonds is 4. The van der Waals surface area contributed by atoms with Gasteiger partial charge in [-0.3, -0.25) is 24.6 Å². The number of carbonyl (C=O) groups excluding carboxylic acids is 2. The summed E-state index contributed by atoms with van der Waals surface area (Å²) in [7, 11) is 1.74. The summed E-state index contributed by atoms with van der Waals surface area (Å²) >= 11 is 0. The van der Waals surface area contributed by atoms with E-state index in [4.69, 9.17) is 4.74 Å². The summed E-state index contributed by atoms with van der Waals surface area (Å²) in [5.74, 6) is -0.267. The number of nitro benzene ring substituents is 1. The molecule has 2 amide bonds. The average Bonchev–Trinajstić information content (AvgIpc) is 2.74. The number of hydrogen-bond acceptors (Lipinski definition) is 5. The molecule has 4 rings (SSSR count). The molecule has 1 heterocycles. The molecule has 1 aliphatic carbocycles. The highest BCUT2D eigenvalue weighted by Crippen LogP contribution is 2.36. The molecule has 2 aromatic rings. The van der Waals surface area contributed by atoms with Crippen molar-refractivity contribution in [1.29, 1.82) is 0 Å². The van der Waals surface area contributed by atoms with Crippen LogP contribution in [-0.2, 0) is 16.0 Å². The molecular formula is C21H21N3O5. The van der Waals surface area contributed by atoms with Gasteiger partial charge in [0.1, 0.15) is 12.3 Å². The molecule has 150 valence electrons. The van der Waals surface area contributed by atoms with Gasteiger partial charge in [0.2, 0.25) is 5.91 Å². The summed E-state index contributed by atoms with van der Waals surface area (Å²) in [5.41, 5.74) is 2.47. The molecule has 1 atom stereocenters. The zero-order valence-electron chi connectivity index (χ0n) is 16.0. The fourth-order valence-electron chi connectivity index (χ4n) is 4.03. The molecule has 8 heteroatoms. The van der Waals surface area contributed by atoms with E-state index < -0.39 is 10.8 Å². The van der Waals surface area contributed by atoms with Gasteiger partial charge < -0.3 is 9.64 Å². The number of likely N-dealkylation sites (N-methyl/N-ethyl adjacent to an activating group) is 1. The number of ether oxygens (including phenoxy) is 1. The van der Waals surface area contributed by atoms with Crippen molar-refractivity contribution in [2.45, 2.75) is 25.3 Å². The Hall–Kier alpha value is -3.42. The van der Waals surface area contributed by atoms with E-state index in [0.29, 0.717) is 5.75 Å². The second-order valence-electron chi connectivity index (χ2n) is 7.29. The van der Waals surface area contributed by atoms with E-state index in [1.54, 1.807) is 11.9 Å². The van der Waals surface area contributed by atoms with Crippen LogP contribution in [0.1, 0.15) is 30.0 Å². The van der Waals surface area contributed by atoms with E-state index in [9.17, 15) is 19.7 Å². The zero-order valence-corrected chi connectivity index (χ0v) is 16.0. The Balaban J connectivity index is 1.58. The van der Waals surface area contributed by atoms with Gasteiger partial charge in [-0.2, -0.15) is 0 Å². The molecule has 0 bridgehead atoms. The normalized spacial score (nSPS) is 17.8. The average molecular weight is 395 g/mol. The number of nitrogens with zero attached hydrogens (tertiary/aromatic N) is 3. The highest BCUT2D eigenvalue weighted by Gasteiger charge is 2.32. The van der Waals surface area contributed by atoms with E-state index in [0.717, 1.165) is 24.8 Å². The predicted octanol–water partition coefficient (Wildman–Crippen LogP) is 2.86. The number of amides is 2. The summed E-state index contributed by atoms with van der Waals surface area (Å²) in [6.45, 7) is -0.389. The molecule has 0 N–H and O–H groups in total. The fraction of sp³-hybridized carbons (Fsp3) is 0.333. The van der Waals surface area contributed by atoms with Crippen LogP contribution >= 0.6 is 0 Å². The lowest BCUT2D eigenvalue weighted by atomic mass is 9.87. The van der Waals surface area contributed by atoms with Crippen molar-refractivity contribution >= 4 is 23.2 Å². The quantitative estimate of drug-likeness (QED) is 0.586. The molecule has 0 fully saturated rings. The summed E-state index contributed by atoms with van der Waals surface area (Å²) in [5, 5.41) is 11.1. The Kier molecular flexibility index (Phi) is 4.92. The molecule has 0 radical (unpaired) electrons. The Labute approximate surface area is 167 Å². The van der Waals surface area contributed by atoms with Crippen LogP contribution in [-0.4, -0.2) is 41.8 Å². The van der Waals surface area contributed by atoms with Crippen LogP contribution in [0.2, 0.25) is 0 Å². The second kappa shape index (κ2) is 7.54. The predicted molar refractivity (Wildman–Crippen MR) is 106 cm³/mol. The van der Waals surface area contributed by atoms with Gasteiger partial charge in [-0.25, -0.2) is 0 Å². The summed E-state index contributed by atoms with van der Waals surface area (Å²) < 4.78 is 5.37. The molecule has 0 saturated heterocycles. The van der Waals surface area contributed by atoms with Crippen molar-refractivity contribution in [3.05, 3.63) is 63.7 Å². The van der Waals surface area contributed by atoms with Gasteiger partial charge in [0, 0.05) is 19.2 Å². The van der Waals surface area contributed by atoms with Crippen LogP contribution in [0.25, 0.3) is 0 Å². The number of carbonyl (C=O) groups is 2. The lowest BCUT2D eigenvalue weighted by molar-refractivity contribution is -0.384. The maximum absolute atomic E-state index is 13.1. The smallest absolute Gasteiger partial charge is 0.271 e. The number of hydrogen-bond donors (Lipinski definition) is 0. The Morgan fingerprint density at radius 3 is 2.90 bits per heavy atom. The first-order valence-electron chi connectivity index (χ1n) is 9.51. The third kappa shape index (κ3) is 3.53.